The Morgan fingerprint density at radius 1 is 0.952 bits per heavy atom. The van der Waals surface area contributed by atoms with Crippen LogP contribution in [0.2, 0.25) is 0 Å². The molecular formula is C12H20N8O. The molecule has 1 aromatic rings. The molecule has 21 heavy (non-hydrogen) atoms. The SMILES string of the molecule is CCO.NC(N)=N/N=C/c1ccccc1/C=N/N=C(N)N. The van der Waals surface area contributed by atoms with Crippen LogP contribution in [0.3, 0.4) is 0 Å². The third kappa shape index (κ3) is 9.62. The first-order valence-corrected chi connectivity index (χ1v) is 5.95. The third-order valence-electron chi connectivity index (χ3n) is 1.74. The molecule has 114 valence electrons. The standard InChI is InChI=1S/C10H14N8.C2H6O/c11-9(12)17-15-5-7-3-1-2-4-8(7)6-16-18-10(13)14;1-2-3/h1-6H,(H4,11,12,17)(H4,13,14,18);3H,2H2,1H3/b15-5+,16-6+;. The van der Waals surface area contributed by atoms with Gasteiger partial charge in [0.2, 0.25) is 11.9 Å². The van der Waals surface area contributed by atoms with Crippen molar-refractivity contribution >= 4 is 24.3 Å². The summed E-state index contributed by atoms with van der Waals surface area (Å²) in [6, 6.07) is 7.33. The predicted octanol–water partition coefficient (Wildman–Crippen LogP) is -1.10. The molecule has 0 atom stereocenters. The molecule has 0 aliphatic rings. The molecule has 0 amide bonds. The highest BCUT2D eigenvalue weighted by Crippen LogP contribution is 2.03. The maximum atomic E-state index is 7.57. The van der Waals surface area contributed by atoms with Crippen molar-refractivity contribution in [2.75, 3.05) is 6.61 Å². The minimum absolute atomic E-state index is 0.113. The van der Waals surface area contributed by atoms with Crippen LogP contribution in [-0.2, 0) is 0 Å². The van der Waals surface area contributed by atoms with E-state index in [1.165, 1.54) is 12.4 Å². The number of hydrogen-bond acceptors (Lipinski definition) is 5. The van der Waals surface area contributed by atoms with Crippen LogP contribution in [0.25, 0.3) is 0 Å². The minimum atomic E-state index is -0.113. The van der Waals surface area contributed by atoms with Crippen molar-refractivity contribution in [3.05, 3.63) is 35.4 Å². The van der Waals surface area contributed by atoms with Gasteiger partial charge in [-0.15, -0.1) is 10.2 Å². The normalized spacial score (nSPS) is 10.0. The Morgan fingerprint density at radius 2 is 1.29 bits per heavy atom. The number of nitrogens with two attached hydrogens (primary N) is 4. The molecule has 0 aliphatic heterocycles. The maximum Gasteiger partial charge on any atom is 0.211 e. The Hall–Kier alpha value is -2.94. The first-order valence-electron chi connectivity index (χ1n) is 5.95. The highest BCUT2D eigenvalue weighted by Gasteiger charge is 1.95. The quantitative estimate of drug-likeness (QED) is 0.268. The van der Waals surface area contributed by atoms with Gasteiger partial charge in [0.25, 0.3) is 0 Å². The molecule has 0 spiro atoms. The lowest BCUT2D eigenvalue weighted by Crippen LogP contribution is -2.21. The van der Waals surface area contributed by atoms with Gasteiger partial charge in [-0.05, 0) is 6.92 Å². The molecule has 9 nitrogen and oxygen atoms in total. The summed E-state index contributed by atoms with van der Waals surface area (Å²) in [5.74, 6) is -0.226. The lowest BCUT2D eigenvalue weighted by molar-refractivity contribution is 0.318. The van der Waals surface area contributed by atoms with Gasteiger partial charge in [0.1, 0.15) is 0 Å². The number of aliphatic hydroxyl groups is 1. The van der Waals surface area contributed by atoms with Gasteiger partial charge in [-0.1, -0.05) is 24.3 Å². The second kappa shape index (κ2) is 10.9. The number of aliphatic hydroxyl groups excluding tert-OH is 1. The van der Waals surface area contributed by atoms with Crippen LogP contribution in [0, 0.1) is 0 Å². The average Bonchev–Trinajstić information content (AvgIpc) is 2.40. The van der Waals surface area contributed by atoms with E-state index in [0.717, 1.165) is 11.1 Å². The molecule has 0 fully saturated rings. The van der Waals surface area contributed by atoms with Gasteiger partial charge in [0.15, 0.2) is 0 Å². The van der Waals surface area contributed by atoms with Gasteiger partial charge in [-0.3, -0.25) is 0 Å². The van der Waals surface area contributed by atoms with Crippen LogP contribution in [0.5, 0.6) is 0 Å². The van der Waals surface area contributed by atoms with Crippen LogP contribution in [0.15, 0.2) is 44.7 Å². The number of benzene rings is 1. The lowest BCUT2D eigenvalue weighted by Gasteiger charge is -1.97. The van der Waals surface area contributed by atoms with E-state index in [0.29, 0.717) is 0 Å². The monoisotopic (exact) mass is 292 g/mol. The zero-order valence-electron chi connectivity index (χ0n) is 11.7. The van der Waals surface area contributed by atoms with Crippen molar-refractivity contribution in [2.24, 2.45) is 43.3 Å². The molecule has 0 aliphatic carbocycles. The van der Waals surface area contributed by atoms with Crippen molar-refractivity contribution in [3.8, 4) is 0 Å². The zero-order chi connectivity index (χ0) is 16.1. The van der Waals surface area contributed by atoms with Crippen LogP contribution < -0.4 is 22.9 Å². The van der Waals surface area contributed by atoms with Gasteiger partial charge < -0.3 is 28.0 Å². The number of guanidine groups is 2. The molecule has 9 heteroatoms. The second-order valence-electron chi connectivity index (χ2n) is 3.48. The van der Waals surface area contributed by atoms with Gasteiger partial charge in [0.05, 0.1) is 12.4 Å². The van der Waals surface area contributed by atoms with E-state index in [9.17, 15) is 0 Å². The van der Waals surface area contributed by atoms with Crippen LogP contribution in [-0.4, -0.2) is 36.1 Å². The average molecular weight is 292 g/mol. The Morgan fingerprint density at radius 3 is 1.57 bits per heavy atom. The van der Waals surface area contributed by atoms with Crippen molar-refractivity contribution < 1.29 is 5.11 Å². The number of nitrogens with zero attached hydrogens (tertiary/aromatic N) is 4. The molecule has 0 unspecified atom stereocenters. The van der Waals surface area contributed by atoms with E-state index < -0.39 is 0 Å². The summed E-state index contributed by atoms with van der Waals surface area (Å²) in [7, 11) is 0. The van der Waals surface area contributed by atoms with Crippen LogP contribution in [0.1, 0.15) is 18.1 Å². The van der Waals surface area contributed by atoms with Gasteiger partial charge >= 0.3 is 0 Å². The van der Waals surface area contributed by atoms with E-state index in [1.54, 1.807) is 6.92 Å². The van der Waals surface area contributed by atoms with Crippen LogP contribution >= 0.6 is 0 Å². The molecule has 1 rings (SSSR count). The fourth-order valence-electron chi connectivity index (χ4n) is 1.06. The molecule has 0 bridgehead atoms. The Bertz CT molecular complexity index is 481. The lowest BCUT2D eigenvalue weighted by atomic mass is 10.1. The molecule has 0 heterocycles. The fraction of sp³-hybridized carbons (Fsp3) is 0.167. The second-order valence-corrected chi connectivity index (χ2v) is 3.48. The molecule has 1 aromatic carbocycles. The summed E-state index contributed by atoms with van der Waals surface area (Å²) in [6.45, 7) is 1.93. The van der Waals surface area contributed by atoms with Gasteiger partial charge in [0, 0.05) is 17.7 Å². The van der Waals surface area contributed by atoms with Gasteiger partial charge in [-0.2, -0.15) is 10.2 Å². The maximum absolute atomic E-state index is 7.57. The highest BCUT2D eigenvalue weighted by molar-refractivity contribution is 5.94. The molecular weight excluding hydrogens is 272 g/mol. The summed E-state index contributed by atoms with van der Waals surface area (Å²) >= 11 is 0. The Labute approximate surface area is 122 Å². The molecule has 0 aromatic heterocycles. The predicted molar refractivity (Wildman–Crippen MR) is 86.0 cm³/mol. The summed E-state index contributed by atoms with van der Waals surface area (Å²) in [5.41, 5.74) is 22.2. The van der Waals surface area contributed by atoms with E-state index in [2.05, 4.69) is 20.4 Å². The third-order valence-corrected chi connectivity index (χ3v) is 1.74. The molecule has 0 radical (unpaired) electrons. The molecule has 0 saturated carbocycles. The number of hydrogen-bond donors (Lipinski definition) is 5. The summed E-state index contributed by atoms with van der Waals surface area (Å²) in [5, 5.41) is 22.0. The van der Waals surface area contributed by atoms with Crippen molar-refractivity contribution in [1.29, 1.82) is 0 Å². The summed E-state index contributed by atoms with van der Waals surface area (Å²) in [6.07, 6.45) is 2.99. The highest BCUT2D eigenvalue weighted by atomic mass is 16.2. The van der Waals surface area contributed by atoms with E-state index in [4.69, 9.17) is 28.0 Å². The topological polar surface area (TPSA) is 174 Å². The summed E-state index contributed by atoms with van der Waals surface area (Å²) < 4.78 is 0. The first-order chi connectivity index (χ1) is 10.0. The largest absolute Gasteiger partial charge is 0.397 e. The van der Waals surface area contributed by atoms with E-state index >= 15 is 0 Å². The smallest absolute Gasteiger partial charge is 0.211 e. The van der Waals surface area contributed by atoms with Crippen LogP contribution in [0.4, 0.5) is 0 Å². The minimum Gasteiger partial charge on any atom is -0.397 e. The first kappa shape index (κ1) is 18.1. The summed E-state index contributed by atoms with van der Waals surface area (Å²) in [4.78, 5) is 0. The van der Waals surface area contributed by atoms with Crippen molar-refractivity contribution in [2.45, 2.75) is 6.92 Å². The zero-order valence-corrected chi connectivity index (χ0v) is 11.7. The van der Waals surface area contributed by atoms with E-state index in [-0.39, 0.29) is 18.5 Å². The fourth-order valence-corrected chi connectivity index (χ4v) is 1.06. The van der Waals surface area contributed by atoms with Crippen molar-refractivity contribution in [3.63, 3.8) is 0 Å². The number of rotatable bonds is 4. The van der Waals surface area contributed by atoms with Crippen molar-refractivity contribution in [1.82, 2.24) is 0 Å². The van der Waals surface area contributed by atoms with E-state index in [1.807, 2.05) is 24.3 Å². The Balaban J connectivity index is 0.00000122. The molecule has 0 saturated heterocycles. The Kier molecular flexibility index (Phi) is 9.40. The van der Waals surface area contributed by atoms with Gasteiger partial charge in [-0.25, -0.2) is 0 Å². The molecule has 9 N–H and O–H groups in total.